The second kappa shape index (κ2) is 7.75. The fourth-order valence-electron chi connectivity index (χ4n) is 3.13. The fourth-order valence-corrected chi connectivity index (χ4v) is 4.71. The number of hydrogen-bond donors (Lipinski definition) is 1. The lowest BCUT2D eigenvalue weighted by atomic mass is 10.0. The summed E-state index contributed by atoms with van der Waals surface area (Å²) in [6, 6.07) is 5.01. The smallest absolute Gasteiger partial charge is 0.326 e. The van der Waals surface area contributed by atoms with Gasteiger partial charge in [0.1, 0.15) is 6.04 Å². The second-order valence-electron chi connectivity index (χ2n) is 7.24. The molecule has 144 valence electrons. The van der Waals surface area contributed by atoms with Gasteiger partial charge in [-0.3, -0.25) is 4.79 Å². The zero-order valence-corrected chi connectivity index (χ0v) is 16.4. The minimum atomic E-state index is -3.81. The SMILES string of the molecule is Cc1ccc(S(=O)(=O)N2CC(=O)N([C@@H](CC(C)C)C(=O)O)C[C@H]2C)cc1. The summed E-state index contributed by atoms with van der Waals surface area (Å²) in [6.45, 7) is 7.05. The Hall–Kier alpha value is -1.93. The predicted molar refractivity (Wildman–Crippen MR) is 97.1 cm³/mol. The first-order valence-electron chi connectivity index (χ1n) is 8.64. The third-order valence-electron chi connectivity index (χ3n) is 4.55. The van der Waals surface area contributed by atoms with Crippen molar-refractivity contribution in [3.8, 4) is 0 Å². The zero-order valence-electron chi connectivity index (χ0n) is 15.5. The first kappa shape index (κ1) is 20.4. The molecule has 2 atom stereocenters. The summed E-state index contributed by atoms with van der Waals surface area (Å²) in [5.74, 6) is -1.44. The molecule has 0 bridgehead atoms. The normalized spacial score (nSPS) is 20.4. The maximum absolute atomic E-state index is 12.9. The average molecular weight is 382 g/mol. The van der Waals surface area contributed by atoms with E-state index in [1.165, 1.54) is 17.0 Å². The van der Waals surface area contributed by atoms with Crippen molar-refractivity contribution in [3.63, 3.8) is 0 Å². The van der Waals surface area contributed by atoms with Gasteiger partial charge in [-0.2, -0.15) is 4.31 Å². The topological polar surface area (TPSA) is 95.0 Å². The molecule has 0 spiro atoms. The summed E-state index contributed by atoms with van der Waals surface area (Å²) in [5.41, 5.74) is 0.941. The van der Waals surface area contributed by atoms with Crippen LogP contribution in [0.15, 0.2) is 29.2 Å². The van der Waals surface area contributed by atoms with Gasteiger partial charge in [-0.15, -0.1) is 0 Å². The predicted octanol–water partition coefficient (Wildman–Crippen LogP) is 1.72. The minimum Gasteiger partial charge on any atom is -0.480 e. The van der Waals surface area contributed by atoms with Crippen molar-refractivity contribution in [3.05, 3.63) is 29.8 Å². The Kier molecular flexibility index (Phi) is 6.08. The highest BCUT2D eigenvalue weighted by Crippen LogP contribution is 2.24. The first-order chi connectivity index (χ1) is 12.0. The Bertz CT molecular complexity index is 773. The number of carbonyl (C=O) groups is 2. The van der Waals surface area contributed by atoms with E-state index in [4.69, 9.17) is 0 Å². The van der Waals surface area contributed by atoms with Crippen LogP contribution in [0, 0.1) is 12.8 Å². The molecule has 7 nitrogen and oxygen atoms in total. The molecule has 0 radical (unpaired) electrons. The Labute approximate surface area is 154 Å². The summed E-state index contributed by atoms with van der Waals surface area (Å²) >= 11 is 0. The molecule has 1 saturated heterocycles. The van der Waals surface area contributed by atoms with Crippen LogP contribution in [0.5, 0.6) is 0 Å². The number of piperazine rings is 1. The molecule has 0 saturated carbocycles. The van der Waals surface area contributed by atoms with Crippen molar-refractivity contribution in [2.75, 3.05) is 13.1 Å². The van der Waals surface area contributed by atoms with Crippen molar-refractivity contribution < 1.29 is 23.1 Å². The number of aliphatic carboxylic acids is 1. The van der Waals surface area contributed by atoms with E-state index in [-0.39, 0.29) is 23.9 Å². The van der Waals surface area contributed by atoms with Crippen molar-refractivity contribution in [2.24, 2.45) is 5.92 Å². The zero-order chi connectivity index (χ0) is 19.6. The molecule has 1 N–H and O–H groups in total. The lowest BCUT2D eigenvalue weighted by Gasteiger charge is -2.41. The summed E-state index contributed by atoms with van der Waals surface area (Å²) in [5, 5.41) is 9.48. The van der Waals surface area contributed by atoms with Crippen LogP contribution < -0.4 is 0 Å². The Morgan fingerprint density at radius 3 is 2.35 bits per heavy atom. The Morgan fingerprint density at radius 1 is 1.27 bits per heavy atom. The van der Waals surface area contributed by atoms with E-state index in [1.54, 1.807) is 19.1 Å². The van der Waals surface area contributed by atoms with Gasteiger partial charge in [0.2, 0.25) is 15.9 Å². The van der Waals surface area contributed by atoms with Crippen molar-refractivity contribution in [1.29, 1.82) is 0 Å². The van der Waals surface area contributed by atoms with E-state index in [2.05, 4.69) is 0 Å². The molecule has 2 rings (SSSR count). The van der Waals surface area contributed by atoms with Crippen molar-refractivity contribution in [1.82, 2.24) is 9.21 Å². The first-order valence-corrected chi connectivity index (χ1v) is 10.1. The van der Waals surface area contributed by atoms with Gasteiger partial charge < -0.3 is 10.0 Å². The fraction of sp³-hybridized carbons (Fsp3) is 0.556. The minimum absolute atomic E-state index is 0.0631. The van der Waals surface area contributed by atoms with Crippen LogP contribution in [0.25, 0.3) is 0 Å². The largest absolute Gasteiger partial charge is 0.480 e. The molecule has 1 heterocycles. The van der Waals surface area contributed by atoms with Crippen LogP contribution in [-0.2, 0) is 19.6 Å². The Morgan fingerprint density at radius 2 is 1.85 bits per heavy atom. The second-order valence-corrected chi connectivity index (χ2v) is 9.13. The van der Waals surface area contributed by atoms with E-state index < -0.39 is 34.0 Å². The molecule has 0 aliphatic carbocycles. The van der Waals surface area contributed by atoms with Crippen LogP contribution in [0.1, 0.15) is 32.8 Å². The molecule has 0 unspecified atom stereocenters. The maximum Gasteiger partial charge on any atom is 0.326 e. The molecule has 1 aliphatic heterocycles. The highest BCUT2D eigenvalue weighted by atomic mass is 32.2. The lowest BCUT2D eigenvalue weighted by molar-refractivity contribution is -0.153. The van der Waals surface area contributed by atoms with E-state index in [0.29, 0.717) is 6.42 Å². The third-order valence-corrected chi connectivity index (χ3v) is 6.52. The van der Waals surface area contributed by atoms with E-state index in [9.17, 15) is 23.1 Å². The van der Waals surface area contributed by atoms with Crippen LogP contribution in [0.2, 0.25) is 0 Å². The van der Waals surface area contributed by atoms with Gasteiger partial charge >= 0.3 is 5.97 Å². The van der Waals surface area contributed by atoms with Gasteiger partial charge in [0, 0.05) is 12.6 Å². The van der Waals surface area contributed by atoms with Gasteiger partial charge in [-0.25, -0.2) is 13.2 Å². The highest BCUT2D eigenvalue weighted by molar-refractivity contribution is 7.89. The van der Waals surface area contributed by atoms with Gasteiger partial charge in [-0.1, -0.05) is 31.5 Å². The number of sulfonamides is 1. The number of carbonyl (C=O) groups excluding carboxylic acids is 1. The number of benzene rings is 1. The number of nitrogens with zero attached hydrogens (tertiary/aromatic N) is 2. The molecule has 8 heteroatoms. The lowest BCUT2D eigenvalue weighted by Crippen LogP contribution is -2.60. The summed E-state index contributed by atoms with van der Waals surface area (Å²) in [4.78, 5) is 25.6. The van der Waals surface area contributed by atoms with Gasteiger partial charge in [0.25, 0.3) is 0 Å². The molecular formula is C18H26N2O5S. The highest BCUT2D eigenvalue weighted by Gasteiger charge is 2.41. The number of hydrogen-bond acceptors (Lipinski definition) is 4. The molecule has 1 fully saturated rings. The van der Waals surface area contributed by atoms with E-state index in [1.807, 2.05) is 20.8 Å². The van der Waals surface area contributed by atoms with Crippen molar-refractivity contribution >= 4 is 21.9 Å². The van der Waals surface area contributed by atoms with Crippen molar-refractivity contribution in [2.45, 2.75) is 51.1 Å². The number of carboxylic acids is 1. The van der Waals surface area contributed by atoms with Gasteiger partial charge in [0.05, 0.1) is 11.4 Å². The number of rotatable bonds is 6. The van der Waals surface area contributed by atoms with E-state index >= 15 is 0 Å². The summed E-state index contributed by atoms with van der Waals surface area (Å²) < 4.78 is 26.9. The summed E-state index contributed by atoms with van der Waals surface area (Å²) in [7, 11) is -3.81. The van der Waals surface area contributed by atoms with E-state index in [0.717, 1.165) is 9.87 Å². The molecule has 0 aromatic heterocycles. The quantitative estimate of drug-likeness (QED) is 0.808. The van der Waals surface area contributed by atoms with Gasteiger partial charge in [0.15, 0.2) is 0 Å². The van der Waals surface area contributed by atoms with Gasteiger partial charge in [-0.05, 0) is 38.3 Å². The summed E-state index contributed by atoms with van der Waals surface area (Å²) in [6.07, 6.45) is 0.332. The molecule has 1 amide bonds. The number of amides is 1. The Balaban J connectivity index is 2.26. The average Bonchev–Trinajstić information content (AvgIpc) is 2.54. The van der Waals surface area contributed by atoms with Crippen LogP contribution in [0.4, 0.5) is 0 Å². The van der Waals surface area contributed by atoms with Crippen LogP contribution in [0.3, 0.4) is 0 Å². The maximum atomic E-state index is 12.9. The van der Waals surface area contributed by atoms with Crippen LogP contribution in [-0.4, -0.2) is 59.8 Å². The molecule has 1 aromatic carbocycles. The van der Waals surface area contributed by atoms with Crippen LogP contribution >= 0.6 is 0 Å². The molecular weight excluding hydrogens is 356 g/mol. The molecule has 1 aromatic rings. The molecule has 1 aliphatic rings. The molecule has 26 heavy (non-hydrogen) atoms. The standard InChI is InChI=1S/C18H26N2O5S/c1-12(2)9-16(18(22)23)19-10-14(4)20(11-17(19)21)26(24,25)15-7-5-13(3)6-8-15/h5-8,12,14,16H,9-11H2,1-4H3,(H,22,23)/t14-,16+/m1/s1. The third kappa shape index (κ3) is 4.24. The number of carboxylic acid groups (broad SMARTS) is 1. The number of aryl methyl sites for hydroxylation is 1. The monoisotopic (exact) mass is 382 g/mol.